The van der Waals surface area contributed by atoms with E-state index in [1.54, 1.807) is 0 Å². The van der Waals surface area contributed by atoms with Crippen LogP contribution in [-0.2, 0) is 14.3 Å². The van der Waals surface area contributed by atoms with Gasteiger partial charge in [-0.05, 0) is 83.5 Å². The minimum Gasteiger partial charge on any atom is -0.466 e. The molecule has 0 saturated carbocycles. The molecular formula is C76H143NO5. The molecule has 0 radical (unpaired) electrons. The molecule has 6 nitrogen and oxygen atoms in total. The van der Waals surface area contributed by atoms with E-state index in [0.29, 0.717) is 25.9 Å². The molecule has 0 aliphatic heterocycles. The molecule has 0 rings (SSSR count). The van der Waals surface area contributed by atoms with Gasteiger partial charge in [0.2, 0.25) is 5.91 Å². The number of unbranched alkanes of at least 4 members (excludes halogenated alkanes) is 50. The van der Waals surface area contributed by atoms with Crippen molar-refractivity contribution in [2.45, 2.75) is 411 Å². The second kappa shape index (κ2) is 71.3. The summed E-state index contributed by atoms with van der Waals surface area (Å²) in [5.41, 5.74) is 0. The summed E-state index contributed by atoms with van der Waals surface area (Å²) in [6.45, 7) is 4.91. The van der Waals surface area contributed by atoms with Crippen LogP contribution in [0.2, 0.25) is 0 Å². The number of aliphatic hydroxyl groups excluding tert-OH is 2. The summed E-state index contributed by atoms with van der Waals surface area (Å²) < 4.78 is 5.47. The summed E-state index contributed by atoms with van der Waals surface area (Å²) in [4.78, 5) is 24.6. The molecule has 0 heterocycles. The Balaban J connectivity index is 3.39. The number of carbonyl (C=O) groups is 2. The maximum absolute atomic E-state index is 12.5. The second-order valence-electron chi connectivity index (χ2n) is 25.3. The van der Waals surface area contributed by atoms with Gasteiger partial charge in [0.1, 0.15) is 0 Å². The molecule has 0 fully saturated rings. The summed E-state index contributed by atoms with van der Waals surface area (Å²) in [6.07, 6.45) is 93.2. The molecular weight excluding hydrogens is 1010 g/mol. The molecule has 2 unspecified atom stereocenters. The fraction of sp³-hybridized carbons (Fsp3) is 0.868. The molecule has 2 atom stereocenters. The zero-order valence-corrected chi connectivity index (χ0v) is 55.2. The third-order valence-corrected chi connectivity index (χ3v) is 17.1. The van der Waals surface area contributed by atoms with Crippen molar-refractivity contribution < 1.29 is 24.5 Å². The van der Waals surface area contributed by atoms with Crippen LogP contribution in [0.3, 0.4) is 0 Å². The van der Waals surface area contributed by atoms with Crippen molar-refractivity contribution in [2.24, 2.45) is 0 Å². The van der Waals surface area contributed by atoms with Gasteiger partial charge in [0.25, 0.3) is 0 Å². The van der Waals surface area contributed by atoms with Crippen LogP contribution in [-0.4, -0.2) is 47.4 Å². The monoisotopic (exact) mass is 1150 g/mol. The fourth-order valence-electron chi connectivity index (χ4n) is 11.5. The Labute approximate surface area is 512 Å². The van der Waals surface area contributed by atoms with Crippen molar-refractivity contribution in [3.8, 4) is 0 Å². The molecule has 0 bridgehead atoms. The maximum atomic E-state index is 12.5. The SMILES string of the molecule is CCC/C=C\C/C=C\CCCCCCCC(=O)OCCCCCCCCCCC/C=C\C/C=C\CCCCCCCCCCCCCCCCCCCC(=O)NC(CO)C(O)CCCCCCCCCCCCCCCCCCCCC. The highest BCUT2D eigenvalue weighted by Crippen LogP contribution is 2.19. The van der Waals surface area contributed by atoms with Crippen LogP contribution < -0.4 is 5.32 Å². The van der Waals surface area contributed by atoms with E-state index >= 15 is 0 Å². The van der Waals surface area contributed by atoms with Crippen LogP contribution in [0.5, 0.6) is 0 Å². The molecule has 82 heavy (non-hydrogen) atoms. The molecule has 0 aliphatic carbocycles. The lowest BCUT2D eigenvalue weighted by atomic mass is 10.0. The van der Waals surface area contributed by atoms with Gasteiger partial charge in [0.15, 0.2) is 0 Å². The largest absolute Gasteiger partial charge is 0.466 e. The minimum atomic E-state index is -0.664. The quantitative estimate of drug-likeness (QED) is 0.0320. The number of esters is 1. The van der Waals surface area contributed by atoms with E-state index < -0.39 is 12.1 Å². The van der Waals surface area contributed by atoms with E-state index in [1.165, 1.54) is 308 Å². The first-order valence-corrected chi connectivity index (χ1v) is 36.9. The van der Waals surface area contributed by atoms with E-state index in [0.717, 1.165) is 57.8 Å². The minimum absolute atomic E-state index is 0.00108. The molecule has 0 saturated heterocycles. The molecule has 0 aromatic rings. The molecule has 1 amide bonds. The summed E-state index contributed by atoms with van der Waals surface area (Å²) in [5.74, 6) is -0.0305. The maximum Gasteiger partial charge on any atom is 0.305 e. The highest BCUT2D eigenvalue weighted by atomic mass is 16.5. The van der Waals surface area contributed by atoms with Crippen molar-refractivity contribution >= 4 is 11.9 Å². The van der Waals surface area contributed by atoms with Crippen LogP contribution in [0, 0.1) is 0 Å². The number of aliphatic hydroxyl groups is 2. The van der Waals surface area contributed by atoms with E-state index in [4.69, 9.17) is 4.74 Å². The average molecular weight is 1150 g/mol. The van der Waals surface area contributed by atoms with E-state index in [9.17, 15) is 19.8 Å². The first-order chi connectivity index (χ1) is 40.5. The Bertz CT molecular complexity index is 1370. The van der Waals surface area contributed by atoms with Gasteiger partial charge in [-0.2, -0.15) is 0 Å². The second-order valence-corrected chi connectivity index (χ2v) is 25.3. The van der Waals surface area contributed by atoms with Gasteiger partial charge in [0.05, 0.1) is 25.4 Å². The van der Waals surface area contributed by atoms with Crippen LogP contribution in [0.1, 0.15) is 399 Å². The Morgan fingerprint density at radius 1 is 0.341 bits per heavy atom. The smallest absolute Gasteiger partial charge is 0.305 e. The first-order valence-electron chi connectivity index (χ1n) is 36.9. The summed E-state index contributed by atoms with van der Waals surface area (Å²) in [6, 6.07) is -0.541. The number of amides is 1. The van der Waals surface area contributed by atoms with Gasteiger partial charge < -0.3 is 20.3 Å². The summed E-state index contributed by atoms with van der Waals surface area (Å²) in [5, 5.41) is 23.4. The Hall–Kier alpha value is -2.18. The third-order valence-electron chi connectivity index (χ3n) is 17.1. The summed E-state index contributed by atoms with van der Waals surface area (Å²) in [7, 11) is 0. The zero-order valence-electron chi connectivity index (χ0n) is 55.2. The van der Waals surface area contributed by atoms with Crippen molar-refractivity contribution in [3.63, 3.8) is 0 Å². The molecule has 0 spiro atoms. The van der Waals surface area contributed by atoms with Gasteiger partial charge in [-0.15, -0.1) is 0 Å². The van der Waals surface area contributed by atoms with Crippen molar-refractivity contribution in [2.75, 3.05) is 13.2 Å². The number of hydrogen-bond acceptors (Lipinski definition) is 5. The molecule has 0 aromatic heterocycles. The standard InChI is InChI=1S/C76H143NO5/c1-3-5-7-9-11-13-15-17-18-19-35-38-41-45-48-52-56-60-64-68-74(79)73(72-78)77-75(80)69-65-61-57-53-49-46-42-39-36-33-31-29-27-25-23-21-20-22-24-26-28-30-32-34-37-40-43-47-51-55-59-63-67-71-82-76(81)70-66-62-58-54-50-44-16-14-12-10-8-6-4-2/h8,10,14,16,24,26,30,32,73-74,78-79H,3-7,9,11-13,15,17-23,25,27-29,31,33-72H2,1-2H3,(H,77,80)/b10-8-,16-14-,26-24-,32-30-. The highest BCUT2D eigenvalue weighted by Gasteiger charge is 2.20. The predicted octanol–water partition coefficient (Wildman–Crippen LogP) is 24.0. The number of allylic oxidation sites excluding steroid dienone is 8. The number of rotatable bonds is 69. The lowest BCUT2D eigenvalue weighted by Crippen LogP contribution is -2.45. The number of hydrogen-bond donors (Lipinski definition) is 3. The predicted molar refractivity (Wildman–Crippen MR) is 361 cm³/mol. The molecule has 0 aromatic carbocycles. The number of ether oxygens (including phenoxy) is 1. The number of nitrogens with one attached hydrogen (secondary N) is 1. The molecule has 3 N–H and O–H groups in total. The third kappa shape index (κ3) is 67.0. The first kappa shape index (κ1) is 79.8. The Morgan fingerprint density at radius 2 is 0.634 bits per heavy atom. The van der Waals surface area contributed by atoms with Crippen molar-refractivity contribution in [1.82, 2.24) is 5.32 Å². The molecule has 6 heteroatoms. The van der Waals surface area contributed by atoms with Gasteiger partial charge in [-0.25, -0.2) is 0 Å². The van der Waals surface area contributed by atoms with Crippen molar-refractivity contribution in [1.29, 1.82) is 0 Å². The van der Waals surface area contributed by atoms with Crippen LogP contribution >= 0.6 is 0 Å². The summed E-state index contributed by atoms with van der Waals surface area (Å²) >= 11 is 0. The van der Waals surface area contributed by atoms with Crippen molar-refractivity contribution in [3.05, 3.63) is 48.6 Å². The topological polar surface area (TPSA) is 95.9 Å². The zero-order chi connectivity index (χ0) is 59.2. The Kier molecular flexibility index (Phi) is 69.4. The van der Waals surface area contributed by atoms with Gasteiger partial charge >= 0.3 is 5.97 Å². The van der Waals surface area contributed by atoms with Crippen LogP contribution in [0.4, 0.5) is 0 Å². The number of carbonyl (C=O) groups excluding carboxylic acids is 2. The van der Waals surface area contributed by atoms with Crippen LogP contribution in [0.15, 0.2) is 48.6 Å². The van der Waals surface area contributed by atoms with E-state index in [1.807, 2.05) is 0 Å². The lowest BCUT2D eigenvalue weighted by Gasteiger charge is -2.22. The van der Waals surface area contributed by atoms with E-state index in [2.05, 4.69) is 67.8 Å². The fourth-order valence-corrected chi connectivity index (χ4v) is 11.5. The average Bonchev–Trinajstić information content (AvgIpc) is 3.48. The van der Waals surface area contributed by atoms with E-state index in [-0.39, 0.29) is 18.5 Å². The molecule has 0 aliphatic rings. The van der Waals surface area contributed by atoms with Gasteiger partial charge in [-0.1, -0.05) is 351 Å². The Morgan fingerprint density at radius 3 is 0.976 bits per heavy atom. The molecule has 482 valence electrons. The highest BCUT2D eigenvalue weighted by molar-refractivity contribution is 5.76. The van der Waals surface area contributed by atoms with Gasteiger partial charge in [0, 0.05) is 12.8 Å². The van der Waals surface area contributed by atoms with Gasteiger partial charge in [-0.3, -0.25) is 9.59 Å². The lowest BCUT2D eigenvalue weighted by molar-refractivity contribution is -0.143. The van der Waals surface area contributed by atoms with Crippen LogP contribution in [0.25, 0.3) is 0 Å². The normalized spacial score (nSPS) is 12.8.